The fourth-order valence-electron chi connectivity index (χ4n) is 1.37. The van der Waals surface area contributed by atoms with Crippen LogP contribution in [0.25, 0.3) is 0 Å². The van der Waals surface area contributed by atoms with Crippen molar-refractivity contribution in [2.45, 2.75) is 33.4 Å². The fraction of sp³-hybridized carbons (Fsp3) is 0.545. The molecule has 0 aromatic carbocycles. The Hall–Kier alpha value is -2.05. The average Bonchev–Trinajstić information content (AvgIpc) is 2.68. The lowest BCUT2D eigenvalue weighted by atomic mass is 10.1. The minimum Gasteiger partial charge on any atom is -0.480 e. The van der Waals surface area contributed by atoms with E-state index in [1.165, 1.54) is 0 Å². The number of urea groups is 1. The number of carbonyl (C=O) groups excluding carboxylic acids is 1. The van der Waals surface area contributed by atoms with Gasteiger partial charge in [-0.05, 0) is 12.8 Å². The Kier molecular flexibility index (Phi) is 4.70. The number of nitrogens with one attached hydrogen (secondary N) is 2. The molecule has 0 spiro atoms. The summed E-state index contributed by atoms with van der Waals surface area (Å²) in [7, 11) is 0. The van der Waals surface area contributed by atoms with Crippen molar-refractivity contribution in [3.05, 3.63) is 17.5 Å². The first-order chi connectivity index (χ1) is 8.40. The minimum absolute atomic E-state index is 0.164. The smallest absolute Gasteiger partial charge is 0.326 e. The van der Waals surface area contributed by atoms with Gasteiger partial charge in [0.15, 0.2) is 5.76 Å². The molecule has 1 rings (SSSR count). The standard InChI is InChI=1S/C11H17N3O4/c1-6(2)9(10(15)16)13-11(17)12-5-8-4-7(3)14-18-8/h4,6,9H,5H2,1-3H3,(H,15,16)(H2,12,13,17)/t9-/m1/s1. The van der Waals surface area contributed by atoms with E-state index >= 15 is 0 Å². The third-order valence-corrected chi connectivity index (χ3v) is 2.32. The Bertz CT molecular complexity index is 428. The van der Waals surface area contributed by atoms with Gasteiger partial charge in [0.1, 0.15) is 6.04 Å². The molecule has 1 atom stereocenters. The molecule has 0 bridgehead atoms. The summed E-state index contributed by atoms with van der Waals surface area (Å²) in [4.78, 5) is 22.4. The van der Waals surface area contributed by atoms with E-state index in [4.69, 9.17) is 9.63 Å². The summed E-state index contributed by atoms with van der Waals surface area (Å²) in [5, 5.41) is 17.5. The lowest BCUT2D eigenvalue weighted by Crippen LogP contribution is -2.48. The van der Waals surface area contributed by atoms with Gasteiger partial charge in [0.05, 0.1) is 12.2 Å². The van der Waals surface area contributed by atoms with Gasteiger partial charge in [-0.3, -0.25) is 0 Å². The number of amides is 2. The Morgan fingerprint density at radius 1 is 1.50 bits per heavy atom. The lowest BCUT2D eigenvalue weighted by Gasteiger charge is -2.17. The van der Waals surface area contributed by atoms with Crippen LogP contribution in [0, 0.1) is 12.8 Å². The van der Waals surface area contributed by atoms with E-state index in [-0.39, 0.29) is 12.5 Å². The van der Waals surface area contributed by atoms with Crippen LogP contribution in [-0.4, -0.2) is 28.3 Å². The first-order valence-electron chi connectivity index (χ1n) is 5.59. The minimum atomic E-state index is -1.06. The van der Waals surface area contributed by atoms with Crippen LogP contribution in [0.1, 0.15) is 25.3 Å². The highest BCUT2D eigenvalue weighted by atomic mass is 16.5. The van der Waals surface area contributed by atoms with E-state index in [0.29, 0.717) is 5.76 Å². The van der Waals surface area contributed by atoms with Gasteiger partial charge in [-0.25, -0.2) is 9.59 Å². The number of carboxylic acid groups (broad SMARTS) is 1. The van der Waals surface area contributed by atoms with Gasteiger partial charge in [0.25, 0.3) is 0 Å². The van der Waals surface area contributed by atoms with E-state index in [2.05, 4.69) is 15.8 Å². The van der Waals surface area contributed by atoms with Crippen molar-refractivity contribution in [3.8, 4) is 0 Å². The van der Waals surface area contributed by atoms with Crippen LogP contribution in [-0.2, 0) is 11.3 Å². The van der Waals surface area contributed by atoms with Crippen LogP contribution < -0.4 is 10.6 Å². The van der Waals surface area contributed by atoms with Crippen molar-refractivity contribution in [2.75, 3.05) is 0 Å². The third kappa shape index (κ3) is 4.08. The maximum atomic E-state index is 11.5. The van der Waals surface area contributed by atoms with Crippen molar-refractivity contribution in [2.24, 2.45) is 5.92 Å². The predicted octanol–water partition coefficient (Wildman–Crippen LogP) is 0.891. The Morgan fingerprint density at radius 3 is 2.61 bits per heavy atom. The molecule has 0 saturated heterocycles. The number of carbonyl (C=O) groups is 2. The van der Waals surface area contributed by atoms with Gasteiger partial charge in [-0.1, -0.05) is 19.0 Å². The lowest BCUT2D eigenvalue weighted by molar-refractivity contribution is -0.140. The van der Waals surface area contributed by atoms with Crippen LogP contribution in [0.15, 0.2) is 10.6 Å². The van der Waals surface area contributed by atoms with Gasteiger partial charge in [0.2, 0.25) is 0 Å². The van der Waals surface area contributed by atoms with Crippen molar-refractivity contribution in [3.63, 3.8) is 0 Å². The first kappa shape index (κ1) is 14.0. The number of carboxylic acids is 1. The van der Waals surface area contributed by atoms with Crippen LogP contribution in [0.5, 0.6) is 0 Å². The van der Waals surface area contributed by atoms with E-state index < -0.39 is 18.0 Å². The van der Waals surface area contributed by atoms with Crippen molar-refractivity contribution in [1.29, 1.82) is 0 Å². The molecule has 2 amide bonds. The Balaban J connectivity index is 2.43. The average molecular weight is 255 g/mol. The molecule has 0 aliphatic rings. The van der Waals surface area contributed by atoms with Gasteiger partial charge >= 0.3 is 12.0 Å². The molecule has 18 heavy (non-hydrogen) atoms. The van der Waals surface area contributed by atoms with E-state index in [0.717, 1.165) is 5.69 Å². The molecule has 0 aliphatic carbocycles. The molecule has 0 saturated carbocycles. The normalized spacial score (nSPS) is 12.2. The summed E-state index contributed by atoms with van der Waals surface area (Å²) in [6, 6.07) is 0.226. The van der Waals surface area contributed by atoms with E-state index in [1.807, 2.05) is 0 Å². The highest BCUT2D eigenvalue weighted by Crippen LogP contribution is 2.03. The zero-order chi connectivity index (χ0) is 13.7. The summed E-state index contributed by atoms with van der Waals surface area (Å²) in [6.07, 6.45) is 0. The number of rotatable bonds is 5. The van der Waals surface area contributed by atoms with Gasteiger partial charge < -0.3 is 20.3 Å². The summed E-state index contributed by atoms with van der Waals surface area (Å²) in [5.41, 5.74) is 0.720. The summed E-state index contributed by atoms with van der Waals surface area (Å²) < 4.78 is 4.91. The Morgan fingerprint density at radius 2 is 2.17 bits per heavy atom. The topological polar surface area (TPSA) is 104 Å². The second kappa shape index (κ2) is 6.04. The maximum absolute atomic E-state index is 11.5. The van der Waals surface area contributed by atoms with Gasteiger partial charge in [-0.2, -0.15) is 0 Å². The molecule has 1 heterocycles. The zero-order valence-electron chi connectivity index (χ0n) is 10.6. The number of aryl methyl sites for hydroxylation is 1. The van der Waals surface area contributed by atoms with Crippen LogP contribution in [0.3, 0.4) is 0 Å². The molecular weight excluding hydrogens is 238 g/mol. The number of hydrogen-bond acceptors (Lipinski definition) is 4. The van der Waals surface area contributed by atoms with Gasteiger partial charge in [-0.15, -0.1) is 0 Å². The van der Waals surface area contributed by atoms with Crippen LogP contribution in [0.2, 0.25) is 0 Å². The molecule has 0 unspecified atom stereocenters. The predicted molar refractivity (Wildman–Crippen MR) is 62.9 cm³/mol. The zero-order valence-corrected chi connectivity index (χ0v) is 10.6. The molecule has 0 radical (unpaired) electrons. The molecule has 7 nitrogen and oxygen atoms in total. The highest BCUT2D eigenvalue weighted by Gasteiger charge is 2.23. The molecule has 0 aliphatic heterocycles. The fourth-order valence-corrected chi connectivity index (χ4v) is 1.37. The highest BCUT2D eigenvalue weighted by molar-refractivity contribution is 5.82. The Labute approximate surface area is 105 Å². The number of aliphatic carboxylic acids is 1. The molecule has 100 valence electrons. The quantitative estimate of drug-likeness (QED) is 0.724. The van der Waals surface area contributed by atoms with Crippen molar-refractivity contribution >= 4 is 12.0 Å². The number of nitrogens with zero attached hydrogens (tertiary/aromatic N) is 1. The molecule has 1 aromatic heterocycles. The molecular formula is C11H17N3O4. The molecule has 0 fully saturated rings. The summed E-state index contributed by atoms with van der Waals surface area (Å²) >= 11 is 0. The van der Waals surface area contributed by atoms with E-state index in [1.54, 1.807) is 26.8 Å². The largest absolute Gasteiger partial charge is 0.480 e. The van der Waals surface area contributed by atoms with Gasteiger partial charge in [0, 0.05) is 6.07 Å². The summed E-state index contributed by atoms with van der Waals surface area (Å²) in [6.45, 7) is 5.38. The molecule has 7 heteroatoms. The second-order valence-corrected chi connectivity index (χ2v) is 4.32. The monoisotopic (exact) mass is 255 g/mol. The van der Waals surface area contributed by atoms with E-state index in [9.17, 15) is 9.59 Å². The number of hydrogen-bond donors (Lipinski definition) is 3. The first-order valence-corrected chi connectivity index (χ1v) is 5.59. The maximum Gasteiger partial charge on any atom is 0.326 e. The van der Waals surface area contributed by atoms with Crippen LogP contribution >= 0.6 is 0 Å². The third-order valence-electron chi connectivity index (χ3n) is 2.32. The second-order valence-electron chi connectivity index (χ2n) is 4.32. The van der Waals surface area contributed by atoms with Crippen molar-refractivity contribution in [1.82, 2.24) is 15.8 Å². The molecule has 3 N–H and O–H groups in total. The van der Waals surface area contributed by atoms with Crippen molar-refractivity contribution < 1.29 is 19.2 Å². The SMILES string of the molecule is Cc1cc(CNC(=O)N[C@@H](C(=O)O)C(C)C)on1. The molecule has 1 aromatic rings. The summed E-state index contributed by atoms with van der Waals surface area (Å²) in [5.74, 6) is -0.740. The number of aromatic nitrogens is 1. The van der Waals surface area contributed by atoms with Crippen LogP contribution in [0.4, 0.5) is 4.79 Å².